The highest BCUT2D eigenvalue weighted by Crippen LogP contribution is 1.88. The highest BCUT2D eigenvalue weighted by molar-refractivity contribution is 7.87. The fourth-order valence-electron chi connectivity index (χ4n) is 0.643. The standard InChI is InChI=1S/C4H9N5O2S/c1-9-6-2-4(8-9)3-7-12(5,10)11/h2,7H,3H2,1H3,(H2,5,10,11). The summed E-state index contributed by atoms with van der Waals surface area (Å²) >= 11 is 0. The first-order valence-electron chi connectivity index (χ1n) is 3.10. The quantitative estimate of drug-likeness (QED) is 0.582. The minimum Gasteiger partial charge on any atom is -0.216 e. The molecular weight excluding hydrogens is 182 g/mol. The number of rotatable bonds is 3. The van der Waals surface area contributed by atoms with Gasteiger partial charge in [-0.15, -0.1) is 0 Å². The molecule has 3 N–H and O–H groups in total. The van der Waals surface area contributed by atoms with Gasteiger partial charge in [0.15, 0.2) is 0 Å². The molecule has 1 heterocycles. The summed E-state index contributed by atoms with van der Waals surface area (Å²) in [6.07, 6.45) is 1.46. The SMILES string of the molecule is Cn1ncc(CNS(N)(=O)=O)n1. The highest BCUT2D eigenvalue weighted by Gasteiger charge is 2.03. The molecule has 0 aliphatic heterocycles. The summed E-state index contributed by atoms with van der Waals surface area (Å²) in [7, 11) is -2.00. The Morgan fingerprint density at radius 2 is 2.42 bits per heavy atom. The van der Waals surface area contributed by atoms with Crippen molar-refractivity contribution in [2.75, 3.05) is 0 Å². The molecule has 0 amide bonds. The first kappa shape index (κ1) is 9.10. The molecule has 12 heavy (non-hydrogen) atoms. The predicted molar refractivity (Wildman–Crippen MR) is 40.9 cm³/mol. The lowest BCUT2D eigenvalue weighted by Gasteiger charge is -1.96. The van der Waals surface area contributed by atoms with Crippen molar-refractivity contribution in [1.29, 1.82) is 0 Å². The molecule has 1 aromatic rings. The van der Waals surface area contributed by atoms with E-state index in [1.165, 1.54) is 11.0 Å². The molecule has 0 aliphatic carbocycles. The molecule has 68 valence electrons. The first-order chi connectivity index (χ1) is 5.47. The predicted octanol–water partition coefficient (Wildman–Crippen LogP) is -1.89. The number of aryl methyl sites for hydroxylation is 1. The van der Waals surface area contributed by atoms with E-state index in [9.17, 15) is 8.42 Å². The van der Waals surface area contributed by atoms with Crippen molar-refractivity contribution in [3.05, 3.63) is 11.9 Å². The minimum atomic E-state index is -3.64. The van der Waals surface area contributed by atoms with Crippen molar-refractivity contribution in [3.63, 3.8) is 0 Å². The highest BCUT2D eigenvalue weighted by atomic mass is 32.2. The summed E-state index contributed by atoms with van der Waals surface area (Å²) in [5.74, 6) is 0. The zero-order valence-electron chi connectivity index (χ0n) is 6.43. The molecule has 0 spiro atoms. The van der Waals surface area contributed by atoms with Crippen LogP contribution in [0, 0.1) is 0 Å². The van der Waals surface area contributed by atoms with Gasteiger partial charge in [0.25, 0.3) is 10.2 Å². The summed E-state index contributed by atoms with van der Waals surface area (Å²) in [4.78, 5) is 1.33. The van der Waals surface area contributed by atoms with Crippen LogP contribution in [0.25, 0.3) is 0 Å². The molecule has 0 unspecified atom stereocenters. The fourth-order valence-corrected chi connectivity index (χ4v) is 0.992. The van der Waals surface area contributed by atoms with E-state index in [0.717, 1.165) is 0 Å². The Hall–Kier alpha value is -0.990. The van der Waals surface area contributed by atoms with Crippen molar-refractivity contribution in [1.82, 2.24) is 19.7 Å². The Kier molecular flexibility index (Phi) is 2.40. The molecule has 0 saturated heterocycles. The van der Waals surface area contributed by atoms with Gasteiger partial charge in [-0.05, 0) is 0 Å². The van der Waals surface area contributed by atoms with Crippen LogP contribution in [0.3, 0.4) is 0 Å². The molecule has 8 heteroatoms. The van der Waals surface area contributed by atoms with Crippen LogP contribution < -0.4 is 9.86 Å². The molecule has 0 fully saturated rings. The van der Waals surface area contributed by atoms with Gasteiger partial charge in [0.2, 0.25) is 0 Å². The van der Waals surface area contributed by atoms with Gasteiger partial charge in [-0.25, -0.2) is 5.14 Å². The first-order valence-corrected chi connectivity index (χ1v) is 4.64. The van der Waals surface area contributed by atoms with E-state index < -0.39 is 10.2 Å². The van der Waals surface area contributed by atoms with Gasteiger partial charge < -0.3 is 0 Å². The number of nitrogens with two attached hydrogens (primary N) is 1. The van der Waals surface area contributed by atoms with E-state index in [4.69, 9.17) is 5.14 Å². The van der Waals surface area contributed by atoms with Crippen LogP contribution in [0.5, 0.6) is 0 Å². The molecule has 0 aromatic carbocycles. The molecule has 1 rings (SSSR count). The van der Waals surface area contributed by atoms with Gasteiger partial charge >= 0.3 is 0 Å². The van der Waals surface area contributed by atoms with Gasteiger partial charge in [0.1, 0.15) is 0 Å². The maximum atomic E-state index is 10.4. The largest absolute Gasteiger partial charge is 0.274 e. The Labute approximate surface area is 69.7 Å². The topological polar surface area (TPSA) is 103 Å². The van der Waals surface area contributed by atoms with Crippen molar-refractivity contribution >= 4 is 10.2 Å². The normalized spacial score (nSPS) is 11.8. The van der Waals surface area contributed by atoms with Gasteiger partial charge in [-0.2, -0.15) is 28.1 Å². The summed E-state index contributed by atoms with van der Waals surface area (Å²) in [5, 5.41) is 12.3. The monoisotopic (exact) mass is 191 g/mol. The summed E-state index contributed by atoms with van der Waals surface area (Å²) in [6, 6.07) is 0. The van der Waals surface area contributed by atoms with Gasteiger partial charge in [0, 0.05) is 7.05 Å². The Morgan fingerprint density at radius 1 is 1.75 bits per heavy atom. The summed E-state index contributed by atoms with van der Waals surface area (Å²) in [6.45, 7) is 0.0622. The van der Waals surface area contributed by atoms with E-state index in [2.05, 4.69) is 14.9 Å². The zero-order chi connectivity index (χ0) is 9.19. The molecular formula is C4H9N5O2S. The molecule has 0 saturated carbocycles. The van der Waals surface area contributed by atoms with Gasteiger partial charge in [-0.1, -0.05) is 0 Å². The molecule has 0 radical (unpaired) electrons. The van der Waals surface area contributed by atoms with Crippen LogP contribution in [0.1, 0.15) is 5.69 Å². The maximum absolute atomic E-state index is 10.4. The molecule has 1 aromatic heterocycles. The number of nitrogens with zero attached hydrogens (tertiary/aromatic N) is 3. The molecule has 7 nitrogen and oxygen atoms in total. The Balaban J connectivity index is 2.55. The van der Waals surface area contributed by atoms with E-state index in [0.29, 0.717) is 5.69 Å². The third-order valence-corrected chi connectivity index (χ3v) is 1.65. The number of aromatic nitrogens is 3. The zero-order valence-corrected chi connectivity index (χ0v) is 7.24. The Bertz CT molecular complexity index is 355. The molecule has 0 atom stereocenters. The third kappa shape index (κ3) is 2.95. The summed E-state index contributed by atoms with van der Waals surface area (Å²) < 4.78 is 22.9. The third-order valence-electron chi connectivity index (χ3n) is 1.10. The molecule has 0 aliphatic rings. The fraction of sp³-hybridized carbons (Fsp3) is 0.500. The Morgan fingerprint density at radius 3 is 2.83 bits per heavy atom. The van der Waals surface area contributed by atoms with Crippen LogP contribution in [-0.2, 0) is 23.8 Å². The number of hydrogen-bond acceptors (Lipinski definition) is 4. The van der Waals surface area contributed by atoms with Crippen molar-refractivity contribution in [2.45, 2.75) is 6.54 Å². The van der Waals surface area contributed by atoms with Crippen LogP contribution in [0.15, 0.2) is 6.20 Å². The smallest absolute Gasteiger partial charge is 0.216 e. The number of nitrogens with one attached hydrogen (secondary N) is 1. The van der Waals surface area contributed by atoms with Gasteiger partial charge in [-0.3, -0.25) is 0 Å². The van der Waals surface area contributed by atoms with E-state index in [-0.39, 0.29) is 6.54 Å². The summed E-state index contributed by atoms with van der Waals surface area (Å²) in [5.41, 5.74) is 0.520. The van der Waals surface area contributed by atoms with Crippen LogP contribution >= 0.6 is 0 Å². The lowest BCUT2D eigenvalue weighted by atomic mass is 10.5. The lowest BCUT2D eigenvalue weighted by Crippen LogP contribution is -2.30. The van der Waals surface area contributed by atoms with Crippen molar-refractivity contribution in [2.24, 2.45) is 12.2 Å². The van der Waals surface area contributed by atoms with Crippen LogP contribution in [-0.4, -0.2) is 23.4 Å². The second-order valence-corrected chi connectivity index (χ2v) is 3.57. The maximum Gasteiger partial charge on any atom is 0.274 e. The van der Waals surface area contributed by atoms with E-state index in [1.54, 1.807) is 7.05 Å². The minimum absolute atomic E-state index is 0.0622. The van der Waals surface area contributed by atoms with Crippen molar-refractivity contribution < 1.29 is 8.42 Å². The number of hydrogen-bond donors (Lipinski definition) is 2. The van der Waals surface area contributed by atoms with Crippen molar-refractivity contribution in [3.8, 4) is 0 Å². The van der Waals surface area contributed by atoms with Gasteiger partial charge in [0.05, 0.1) is 18.4 Å². The lowest BCUT2D eigenvalue weighted by molar-refractivity contribution is 0.580. The second kappa shape index (κ2) is 3.17. The average molecular weight is 191 g/mol. The van der Waals surface area contributed by atoms with Crippen LogP contribution in [0.2, 0.25) is 0 Å². The van der Waals surface area contributed by atoms with E-state index >= 15 is 0 Å². The van der Waals surface area contributed by atoms with E-state index in [1.807, 2.05) is 0 Å². The second-order valence-electron chi connectivity index (χ2n) is 2.19. The van der Waals surface area contributed by atoms with Crippen LogP contribution in [0.4, 0.5) is 0 Å². The average Bonchev–Trinajstić information content (AvgIpc) is 2.30. The molecule has 0 bridgehead atoms.